The summed E-state index contributed by atoms with van der Waals surface area (Å²) in [6.07, 6.45) is 0.570. The minimum absolute atomic E-state index is 0.0547. The Labute approximate surface area is 134 Å². The van der Waals surface area contributed by atoms with Gasteiger partial charge in [-0.25, -0.2) is 0 Å². The van der Waals surface area contributed by atoms with E-state index >= 15 is 0 Å². The van der Waals surface area contributed by atoms with Gasteiger partial charge >= 0.3 is 5.97 Å². The maximum atomic E-state index is 11.8. The first-order valence-electron chi connectivity index (χ1n) is 7.24. The predicted molar refractivity (Wildman–Crippen MR) is 82.7 cm³/mol. The summed E-state index contributed by atoms with van der Waals surface area (Å²) in [4.78, 5) is 23.1. The van der Waals surface area contributed by atoms with Crippen LogP contribution in [0.1, 0.15) is 46.3 Å². The van der Waals surface area contributed by atoms with E-state index in [-0.39, 0.29) is 24.8 Å². The molecular weight excluding hydrogens is 294 g/mol. The van der Waals surface area contributed by atoms with Crippen LogP contribution >= 0.6 is 0 Å². The summed E-state index contributed by atoms with van der Waals surface area (Å²) in [5.74, 6) is 0.773. The van der Waals surface area contributed by atoms with Gasteiger partial charge in [0.2, 0.25) is 0 Å². The maximum absolute atomic E-state index is 11.8. The Morgan fingerprint density at radius 3 is 2.52 bits per heavy atom. The van der Waals surface area contributed by atoms with E-state index in [2.05, 4.69) is 0 Å². The highest BCUT2D eigenvalue weighted by Crippen LogP contribution is 2.17. The summed E-state index contributed by atoms with van der Waals surface area (Å²) < 4.78 is 10.6. The molecule has 1 heterocycles. The molecule has 1 aromatic heterocycles. The summed E-state index contributed by atoms with van der Waals surface area (Å²) in [7, 11) is 0. The van der Waals surface area contributed by atoms with Gasteiger partial charge in [0.25, 0.3) is 0 Å². The van der Waals surface area contributed by atoms with Gasteiger partial charge < -0.3 is 9.15 Å². The van der Waals surface area contributed by atoms with Crippen LogP contribution in [0.25, 0.3) is 0 Å². The molecule has 118 valence electrons. The van der Waals surface area contributed by atoms with Gasteiger partial charge in [0.05, 0.1) is 23.6 Å². The van der Waals surface area contributed by atoms with Crippen LogP contribution < -0.4 is 0 Å². The molecule has 0 bridgehead atoms. The second kappa shape index (κ2) is 7.41. The van der Waals surface area contributed by atoms with Crippen LogP contribution in [0, 0.1) is 18.3 Å². The van der Waals surface area contributed by atoms with Gasteiger partial charge in [0, 0.05) is 6.42 Å². The predicted octanol–water partition coefficient (Wildman–Crippen LogP) is 3.34. The first kappa shape index (κ1) is 16.5. The molecule has 0 spiro atoms. The Morgan fingerprint density at radius 2 is 1.96 bits per heavy atom. The number of benzene rings is 1. The second-order valence-electron chi connectivity index (χ2n) is 5.21. The molecule has 0 saturated heterocycles. The molecule has 0 fully saturated rings. The molecule has 0 atom stereocenters. The van der Waals surface area contributed by atoms with Gasteiger partial charge in [-0.05, 0) is 37.6 Å². The van der Waals surface area contributed by atoms with Crippen molar-refractivity contribution in [1.82, 2.24) is 0 Å². The molecule has 0 saturated carbocycles. The zero-order valence-electron chi connectivity index (χ0n) is 13.1. The van der Waals surface area contributed by atoms with E-state index in [0.717, 1.165) is 5.56 Å². The normalized spacial score (nSPS) is 10.1. The molecule has 0 unspecified atom stereocenters. The van der Waals surface area contributed by atoms with Gasteiger partial charge in [-0.3, -0.25) is 9.59 Å². The lowest BCUT2D eigenvalue weighted by molar-refractivity contribution is -0.145. The number of hydrogen-bond donors (Lipinski definition) is 0. The number of furan rings is 1. The van der Waals surface area contributed by atoms with Crippen LogP contribution in [0.3, 0.4) is 0 Å². The highest BCUT2D eigenvalue weighted by atomic mass is 16.5. The van der Waals surface area contributed by atoms with Gasteiger partial charge in [0.15, 0.2) is 5.78 Å². The number of aryl methyl sites for hydroxylation is 2. The van der Waals surface area contributed by atoms with Crippen molar-refractivity contribution in [3.8, 4) is 6.07 Å². The number of nitriles is 1. The van der Waals surface area contributed by atoms with Crippen LogP contribution in [0.2, 0.25) is 0 Å². The number of carbonyl (C=O) groups is 2. The third-order valence-electron chi connectivity index (χ3n) is 3.41. The minimum atomic E-state index is -0.340. The summed E-state index contributed by atoms with van der Waals surface area (Å²) in [6.45, 7) is 3.37. The number of rotatable bonds is 6. The SMILES string of the molecule is CC(=O)c1cc(CCC(=O)OCc2ccc(C#N)cc2)oc1C. The number of esters is 1. The zero-order valence-corrected chi connectivity index (χ0v) is 13.1. The number of ether oxygens (including phenoxy) is 1. The highest BCUT2D eigenvalue weighted by Gasteiger charge is 2.13. The average Bonchev–Trinajstić information content (AvgIpc) is 2.92. The zero-order chi connectivity index (χ0) is 16.8. The summed E-state index contributed by atoms with van der Waals surface area (Å²) in [5, 5.41) is 8.71. The Morgan fingerprint density at radius 1 is 1.26 bits per heavy atom. The van der Waals surface area contributed by atoms with Gasteiger partial charge in [-0.1, -0.05) is 12.1 Å². The maximum Gasteiger partial charge on any atom is 0.306 e. The Kier molecular flexibility index (Phi) is 5.32. The molecule has 0 aliphatic rings. The highest BCUT2D eigenvalue weighted by molar-refractivity contribution is 5.95. The molecule has 0 aliphatic carbocycles. The number of hydrogen-bond acceptors (Lipinski definition) is 5. The third kappa shape index (κ3) is 4.55. The van der Waals surface area contributed by atoms with E-state index < -0.39 is 0 Å². The quantitative estimate of drug-likeness (QED) is 0.603. The molecule has 0 amide bonds. The topological polar surface area (TPSA) is 80.3 Å². The molecule has 2 rings (SSSR count). The summed E-state index contributed by atoms with van der Waals surface area (Å²) >= 11 is 0. The van der Waals surface area contributed by atoms with E-state index in [1.807, 2.05) is 6.07 Å². The number of ketones is 1. The summed E-state index contributed by atoms with van der Waals surface area (Å²) in [6, 6.07) is 10.6. The molecular formula is C18H17NO4. The molecule has 0 radical (unpaired) electrons. The van der Waals surface area contributed by atoms with E-state index in [1.54, 1.807) is 37.3 Å². The Balaban J connectivity index is 1.82. The molecule has 2 aromatic rings. The summed E-state index contributed by atoms with van der Waals surface area (Å²) in [5.41, 5.74) is 1.94. The van der Waals surface area contributed by atoms with Crippen molar-refractivity contribution in [3.05, 3.63) is 58.5 Å². The van der Waals surface area contributed by atoms with Crippen LogP contribution in [0.5, 0.6) is 0 Å². The van der Waals surface area contributed by atoms with E-state index in [0.29, 0.717) is 29.1 Å². The van der Waals surface area contributed by atoms with Crippen LogP contribution in [0.4, 0.5) is 0 Å². The first-order valence-corrected chi connectivity index (χ1v) is 7.24. The lowest BCUT2D eigenvalue weighted by Gasteiger charge is -2.04. The van der Waals surface area contributed by atoms with Crippen molar-refractivity contribution in [3.63, 3.8) is 0 Å². The average molecular weight is 311 g/mol. The van der Waals surface area contributed by atoms with Crippen molar-refractivity contribution >= 4 is 11.8 Å². The van der Waals surface area contributed by atoms with Gasteiger partial charge in [-0.15, -0.1) is 0 Å². The Bertz CT molecular complexity index is 750. The largest absolute Gasteiger partial charge is 0.466 e. The molecule has 5 heteroatoms. The van der Waals surface area contributed by atoms with Gasteiger partial charge in [-0.2, -0.15) is 5.26 Å². The molecule has 0 aliphatic heterocycles. The van der Waals surface area contributed by atoms with Crippen molar-refractivity contribution in [2.45, 2.75) is 33.3 Å². The van der Waals surface area contributed by atoms with Gasteiger partial charge in [0.1, 0.15) is 18.1 Å². The standard InChI is InChI=1S/C18H17NO4/c1-12(20)17-9-16(23-13(17)2)7-8-18(21)22-11-15-5-3-14(10-19)4-6-15/h3-6,9H,7-8,11H2,1-2H3. The van der Waals surface area contributed by atoms with E-state index in [4.69, 9.17) is 14.4 Å². The van der Waals surface area contributed by atoms with Crippen LogP contribution in [-0.4, -0.2) is 11.8 Å². The van der Waals surface area contributed by atoms with Crippen molar-refractivity contribution < 1.29 is 18.7 Å². The molecule has 5 nitrogen and oxygen atoms in total. The fourth-order valence-corrected chi connectivity index (χ4v) is 2.15. The second-order valence-corrected chi connectivity index (χ2v) is 5.21. The lowest BCUT2D eigenvalue weighted by atomic mass is 10.1. The van der Waals surface area contributed by atoms with E-state index in [1.165, 1.54) is 6.92 Å². The lowest BCUT2D eigenvalue weighted by Crippen LogP contribution is -2.05. The fourth-order valence-electron chi connectivity index (χ4n) is 2.15. The first-order chi connectivity index (χ1) is 11.0. The molecule has 1 aromatic carbocycles. The molecule has 23 heavy (non-hydrogen) atoms. The fraction of sp³-hybridized carbons (Fsp3) is 0.278. The van der Waals surface area contributed by atoms with Crippen molar-refractivity contribution in [1.29, 1.82) is 5.26 Å². The molecule has 0 N–H and O–H groups in total. The Hall–Kier alpha value is -2.87. The number of carbonyl (C=O) groups excluding carboxylic acids is 2. The minimum Gasteiger partial charge on any atom is -0.466 e. The van der Waals surface area contributed by atoms with E-state index in [9.17, 15) is 9.59 Å². The van der Waals surface area contributed by atoms with Crippen LogP contribution in [-0.2, 0) is 22.6 Å². The number of Topliss-reactive ketones (excluding diaryl/α,β-unsaturated/α-hetero) is 1. The number of nitrogens with zero attached hydrogens (tertiary/aromatic N) is 1. The monoisotopic (exact) mass is 311 g/mol. The van der Waals surface area contributed by atoms with Crippen molar-refractivity contribution in [2.24, 2.45) is 0 Å². The van der Waals surface area contributed by atoms with Crippen molar-refractivity contribution in [2.75, 3.05) is 0 Å². The third-order valence-corrected chi connectivity index (χ3v) is 3.41. The smallest absolute Gasteiger partial charge is 0.306 e. The van der Waals surface area contributed by atoms with Crippen LogP contribution in [0.15, 0.2) is 34.7 Å².